The second-order valence-electron chi connectivity index (χ2n) is 4.28. The molecule has 2 aromatic carbocycles. The number of anilines is 1. The van der Waals surface area contributed by atoms with Crippen LogP contribution in [0.15, 0.2) is 59.5 Å². The zero-order valence-corrected chi connectivity index (χ0v) is 12.9. The Bertz CT molecular complexity index is 657. The van der Waals surface area contributed by atoms with Gasteiger partial charge in [0.2, 0.25) is 5.91 Å². The van der Waals surface area contributed by atoms with E-state index in [9.17, 15) is 13.6 Å². The summed E-state index contributed by atoms with van der Waals surface area (Å²) in [5, 5.41) is 3.28. The third-order valence-corrected chi connectivity index (χ3v) is 3.62. The van der Waals surface area contributed by atoms with Crippen LogP contribution >= 0.6 is 23.4 Å². The van der Waals surface area contributed by atoms with Gasteiger partial charge in [-0.1, -0.05) is 35.5 Å². The van der Waals surface area contributed by atoms with Crippen molar-refractivity contribution in [2.45, 2.75) is 10.7 Å². The molecule has 2 aromatic rings. The fourth-order valence-corrected chi connectivity index (χ4v) is 2.27. The summed E-state index contributed by atoms with van der Waals surface area (Å²) < 4.78 is 24.4. The second-order valence-corrected chi connectivity index (χ2v) is 5.78. The quantitative estimate of drug-likeness (QED) is 0.591. The highest BCUT2D eigenvalue weighted by atomic mass is 35.5. The van der Waals surface area contributed by atoms with E-state index in [0.29, 0.717) is 27.4 Å². The maximum atomic E-state index is 12.2. The molecule has 0 saturated carbocycles. The van der Waals surface area contributed by atoms with E-state index in [1.165, 1.54) is 6.08 Å². The van der Waals surface area contributed by atoms with Crippen molar-refractivity contribution >= 4 is 41.0 Å². The topological polar surface area (TPSA) is 29.1 Å². The van der Waals surface area contributed by atoms with Gasteiger partial charge in [-0.15, -0.1) is 0 Å². The number of halogens is 3. The molecule has 1 amide bonds. The average Bonchev–Trinajstić information content (AvgIpc) is 2.48. The van der Waals surface area contributed by atoms with Crippen LogP contribution in [-0.2, 0) is 4.79 Å². The Morgan fingerprint density at radius 3 is 2.32 bits per heavy atom. The summed E-state index contributed by atoms with van der Waals surface area (Å²) in [6, 6.07) is 13.3. The molecule has 0 bridgehead atoms. The predicted octanol–water partition coefficient (Wildman–Crippen LogP) is 5.31. The fourth-order valence-electron chi connectivity index (χ4n) is 1.65. The van der Waals surface area contributed by atoms with Crippen molar-refractivity contribution in [2.24, 2.45) is 0 Å². The molecule has 6 heteroatoms. The molecule has 2 rings (SSSR count). The molecule has 0 radical (unpaired) electrons. The molecule has 114 valence electrons. The van der Waals surface area contributed by atoms with Crippen LogP contribution in [0.3, 0.4) is 0 Å². The standard InChI is InChI=1S/C16H12ClF2NOS/c17-12-4-6-13(7-5-12)20-15(21)10-3-11-1-8-14(9-2-11)22-16(18)19/h1-10,16H,(H,20,21)/b10-3+. The van der Waals surface area contributed by atoms with E-state index in [1.54, 1.807) is 54.6 Å². The molecule has 0 fully saturated rings. The zero-order chi connectivity index (χ0) is 15.9. The molecule has 1 N–H and O–H groups in total. The third-order valence-electron chi connectivity index (χ3n) is 2.64. The lowest BCUT2D eigenvalue weighted by Crippen LogP contribution is -2.07. The maximum absolute atomic E-state index is 12.2. The molecular weight excluding hydrogens is 328 g/mol. The monoisotopic (exact) mass is 339 g/mol. The number of thioether (sulfide) groups is 1. The smallest absolute Gasteiger partial charge is 0.288 e. The van der Waals surface area contributed by atoms with Crippen molar-refractivity contribution in [3.8, 4) is 0 Å². The first-order valence-corrected chi connectivity index (χ1v) is 7.58. The summed E-state index contributed by atoms with van der Waals surface area (Å²) in [7, 11) is 0. The van der Waals surface area contributed by atoms with E-state index >= 15 is 0 Å². The first-order chi connectivity index (χ1) is 10.5. The Morgan fingerprint density at radius 2 is 1.73 bits per heavy atom. The van der Waals surface area contributed by atoms with Gasteiger partial charge in [0.25, 0.3) is 5.76 Å². The maximum Gasteiger partial charge on any atom is 0.288 e. The van der Waals surface area contributed by atoms with Gasteiger partial charge in [0.15, 0.2) is 0 Å². The molecule has 0 atom stereocenters. The molecule has 0 aromatic heterocycles. The van der Waals surface area contributed by atoms with Gasteiger partial charge < -0.3 is 5.32 Å². The molecule has 0 aliphatic heterocycles. The third kappa shape index (κ3) is 5.50. The van der Waals surface area contributed by atoms with E-state index < -0.39 is 5.76 Å². The molecule has 0 aliphatic carbocycles. The Labute approximate surface area is 136 Å². The molecule has 22 heavy (non-hydrogen) atoms. The van der Waals surface area contributed by atoms with Crippen LogP contribution in [0.4, 0.5) is 14.5 Å². The largest absolute Gasteiger partial charge is 0.323 e. The van der Waals surface area contributed by atoms with E-state index in [-0.39, 0.29) is 5.91 Å². The molecule has 0 saturated heterocycles. The highest BCUT2D eigenvalue weighted by Gasteiger charge is 2.04. The minimum Gasteiger partial charge on any atom is -0.323 e. The van der Waals surface area contributed by atoms with Crippen LogP contribution in [0.1, 0.15) is 5.56 Å². The van der Waals surface area contributed by atoms with Crippen LogP contribution in [0, 0.1) is 0 Å². The van der Waals surface area contributed by atoms with Crippen LogP contribution in [0.5, 0.6) is 0 Å². The molecule has 0 aliphatic rings. The lowest BCUT2D eigenvalue weighted by Gasteiger charge is -2.02. The zero-order valence-electron chi connectivity index (χ0n) is 11.3. The Morgan fingerprint density at radius 1 is 1.09 bits per heavy atom. The van der Waals surface area contributed by atoms with Crippen molar-refractivity contribution in [3.63, 3.8) is 0 Å². The summed E-state index contributed by atoms with van der Waals surface area (Å²) in [5.41, 5.74) is 1.40. The first-order valence-electron chi connectivity index (χ1n) is 6.32. The molecular formula is C16H12ClF2NOS. The van der Waals surface area contributed by atoms with Crippen LogP contribution < -0.4 is 5.32 Å². The van der Waals surface area contributed by atoms with E-state index in [4.69, 9.17) is 11.6 Å². The van der Waals surface area contributed by atoms with Crippen molar-refractivity contribution in [1.82, 2.24) is 0 Å². The van der Waals surface area contributed by atoms with Crippen LogP contribution in [-0.4, -0.2) is 11.7 Å². The number of benzene rings is 2. The number of alkyl halides is 2. The normalized spacial score (nSPS) is 11.1. The van der Waals surface area contributed by atoms with Gasteiger partial charge in [-0.25, -0.2) is 0 Å². The van der Waals surface area contributed by atoms with Crippen LogP contribution in [0.2, 0.25) is 5.02 Å². The number of hydrogen-bond acceptors (Lipinski definition) is 2. The van der Waals surface area contributed by atoms with E-state index in [1.807, 2.05) is 0 Å². The lowest BCUT2D eigenvalue weighted by atomic mass is 10.2. The summed E-state index contributed by atoms with van der Waals surface area (Å²) in [4.78, 5) is 12.2. The fraction of sp³-hybridized carbons (Fsp3) is 0.0625. The number of carbonyl (C=O) groups is 1. The SMILES string of the molecule is O=C(/C=C/c1ccc(SC(F)F)cc1)Nc1ccc(Cl)cc1. The minimum absolute atomic E-state index is 0.284. The Hall–Kier alpha value is -1.85. The number of rotatable bonds is 5. The highest BCUT2D eigenvalue weighted by Crippen LogP contribution is 2.25. The van der Waals surface area contributed by atoms with Crippen molar-refractivity contribution < 1.29 is 13.6 Å². The molecule has 0 unspecified atom stereocenters. The Kier molecular flexibility index (Phi) is 5.98. The highest BCUT2D eigenvalue weighted by molar-refractivity contribution is 7.99. The summed E-state index contributed by atoms with van der Waals surface area (Å²) in [6.07, 6.45) is 2.99. The first kappa shape index (κ1) is 16.5. The van der Waals surface area contributed by atoms with E-state index in [2.05, 4.69) is 5.32 Å². The summed E-state index contributed by atoms with van der Waals surface area (Å²) in [6.45, 7) is 0. The van der Waals surface area contributed by atoms with Gasteiger partial charge in [0.1, 0.15) is 0 Å². The van der Waals surface area contributed by atoms with Crippen molar-refractivity contribution in [2.75, 3.05) is 5.32 Å². The van der Waals surface area contributed by atoms with Crippen molar-refractivity contribution in [1.29, 1.82) is 0 Å². The summed E-state index contributed by atoms with van der Waals surface area (Å²) in [5.74, 6) is -2.72. The lowest BCUT2D eigenvalue weighted by molar-refractivity contribution is -0.111. The predicted molar refractivity (Wildman–Crippen MR) is 87.4 cm³/mol. The van der Waals surface area contributed by atoms with E-state index in [0.717, 1.165) is 5.56 Å². The van der Waals surface area contributed by atoms with Gasteiger partial charge in [-0.05, 0) is 48.0 Å². The minimum atomic E-state index is -2.44. The van der Waals surface area contributed by atoms with Gasteiger partial charge in [0.05, 0.1) is 0 Å². The molecule has 0 heterocycles. The number of hydrogen-bond donors (Lipinski definition) is 1. The van der Waals surface area contributed by atoms with Gasteiger partial charge in [-0.2, -0.15) is 8.78 Å². The Balaban J connectivity index is 1.93. The number of nitrogens with one attached hydrogen (secondary N) is 1. The van der Waals surface area contributed by atoms with Crippen molar-refractivity contribution in [3.05, 3.63) is 65.2 Å². The number of amides is 1. The van der Waals surface area contributed by atoms with Gasteiger partial charge in [-0.3, -0.25) is 4.79 Å². The van der Waals surface area contributed by atoms with Gasteiger partial charge in [0, 0.05) is 21.7 Å². The van der Waals surface area contributed by atoms with Crippen LogP contribution in [0.25, 0.3) is 6.08 Å². The molecule has 2 nitrogen and oxygen atoms in total. The number of carbonyl (C=O) groups excluding carboxylic acids is 1. The average molecular weight is 340 g/mol. The second kappa shape index (κ2) is 7.96. The van der Waals surface area contributed by atoms with Gasteiger partial charge >= 0.3 is 0 Å². The molecule has 0 spiro atoms. The summed E-state index contributed by atoms with van der Waals surface area (Å²) >= 11 is 6.25.